The van der Waals surface area contributed by atoms with Crippen molar-refractivity contribution in [2.45, 2.75) is 0 Å². The minimum atomic E-state index is -4.61. The van der Waals surface area contributed by atoms with Crippen molar-refractivity contribution >= 4 is 77.8 Å². The summed E-state index contributed by atoms with van der Waals surface area (Å²) in [5, 5.41) is 0. The second-order valence-electron chi connectivity index (χ2n) is 0.600. The molecule has 0 saturated heterocycles. The van der Waals surface area contributed by atoms with E-state index in [0.29, 0.717) is 0 Å². The van der Waals surface area contributed by atoms with E-state index in [4.69, 9.17) is 19.2 Å². The molecule has 0 aromatic carbocycles. The van der Waals surface area contributed by atoms with Crippen LogP contribution in [0.5, 0.6) is 0 Å². The molecule has 0 amide bonds. The van der Waals surface area contributed by atoms with E-state index in [1.165, 1.54) is 0 Å². The van der Waals surface area contributed by atoms with Crippen LogP contribution in [-0.2, 0) is 17.4 Å². The predicted octanol–water partition coefficient (Wildman–Crippen LogP) is -5.27. The van der Waals surface area contributed by atoms with E-state index >= 15 is 0 Å². The summed E-state index contributed by atoms with van der Waals surface area (Å²) >= 11 is 0. The molecule has 0 bridgehead atoms. The van der Waals surface area contributed by atoms with Crippen molar-refractivity contribution in [2.75, 3.05) is 0 Å². The molecule has 0 atom stereocenters. The van der Waals surface area contributed by atoms with Crippen LogP contribution in [0.1, 0.15) is 0 Å². The molecule has 6 N–H and O–H groups in total. The zero-order chi connectivity index (χ0) is 4.50. The molecule has 0 unspecified atom stereocenters. The van der Waals surface area contributed by atoms with Gasteiger partial charge in [-0.3, -0.25) is 0 Å². The molecule has 0 heterocycles. The Labute approximate surface area is 118 Å². The predicted molar refractivity (Wildman–Crippen MR) is 35.3 cm³/mol. The van der Waals surface area contributed by atoms with Crippen LogP contribution in [0, 0.1) is 0 Å². The summed E-state index contributed by atoms with van der Waals surface area (Å²) in [6.07, 6.45) is 0. The van der Waals surface area contributed by atoms with Gasteiger partial charge in [0.05, 0.1) is 0 Å². The van der Waals surface area contributed by atoms with Crippen molar-refractivity contribution in [2.24, 2.45) is 0 Å². The van der Waals surface area contributed by atoms with Gasteiger partial charge in [-0.2, -0.15) is 0 Å². The van der Waals surface area contributed by atoms with Crippen LogP contribution in [0.15, 0.2) is 0 Å². The van der Waals surface area contributed by atoms with Gasteiger partial charge in [-0.15, -0.1) is 0 Å². The first kappa shape index (κ1) is 29.8. The van der Waals surface area contributed by atoms with Gasteiger partial charge in [0.1, 0.15) is 0 Å². The molecule has 0 aliphatic heterocycles. The monoisotopic (exact) mass is 236 g/mol. The Balaban J connectivity index is -0.0000000133. The zero-order valence-corrected chi connectivity index (χ0v) is 5.47. The Morgan fingerprint density at radius 1 is 0.889 bits per heavy atom. The van der Waals surface area contributed by atoms with Gasteiger partial charge in [0.2, 0.25) is 0 Å². The molecule has 0 spiro atoms. The second-order valence-corrected chi connectivity index (χ2v) is 1.80. The summed E-state index contributed by atoms with van der Waals surface area (Å²) in [5.41, 5.74) is 0. The molecule has 0 aromatic rings. The van der Waals surface area contributed by atoms with Crippen molar-refractivity contribution in [1.82, 2.24) is 0 Å². The fraction of sp³-hybridized carbons (Fsp3) is 0. The average molecular weight is 236 g/mol. The van der Waals surface area contributed by atoms with Crippen molar-refractivity contribution in [1.29, 1.82) is 0 Å². The van der Waals surface area contributed by atoms with E-state index in [1.54, 1.807) is 0 Å². The summed E-state index contributed by atoms with van der Waals surface area (Å²) in [5.74, 6) is 0. The molecule has 5 nitrogen and oxygen atoms in total. The zero-order valence-electron chi connectivity index (χ0n) is 3.20. The molecule has 0 aliphatic carbocycles. The quantitative estimate of drug-likeness (QED) is 0.315. The van der Waals surface area contributed by atoms with Crippen LogP contribution in [-0.4, -0.2) is 102 Å². The van der Waals surface area contributed by atoms with E-state index in [1.807, 2.05) is 0 Å². The van der Waals surface area contributed by atoms with Crippen molar-refractivity contribution in [3.8, 4) is 0 Å². The molecule has 0 saturated carbocycles. The molecule has 0 fully saturated rings. The molecule has 0 aromatic heterocycles. The van der Waals surface area contributed by atoms with E-state index in [9.17, 15) is 0 Å². The van der Waals surface area contributed by atoms with Crippen LogP contribution in [0.4, 0.5) is 0 Å². The Bertz CT molecular complexity index is 32.4. The van der Waals surface area contributed by atoms with Crippen LogP contribution in [0.25, 0.3) is 0 Å². The molecule has 0 aliphatic rings. The summed E-state index contributed by atoms with van der Waals surface area (Å²) in [4.78, 5) is 29.3. The first-order valence-corrected chi connectivity index (χ1v) is 2.68. The van der Waals surface area contributed by atoms with Gasteiger partial charge in [-0.05, 0) is 0 Å². The Hall–Kier alpha value is 2.72. The molecular weight excluding hydrogens is 226 g/mol. The second kappa shape index (κ2) is 13.3. The van der Waals surface area contributed by atoms with Crippen LogP contribution in [0.3, 0.4) is 0 Å². The van der Waals surface area contributed by atoms with Gasteiger partial charge in [-0.1, -0.05) is 0 Å². The van der Waals surface area contributed by atoms with Gasteiger partial charge in [0.25, 0.3) is 0 Å². The minimum absolute atomic E-state index is 0. The van der Waals surface area contributed by atoms with E-state index in [0.717, 1.165) is 0 Å². The van der Waals surface area contributed by atoms with Gasteiger partial charge in [0.15, 0.2) is 17.4 Å². The number of hydrogen-bond donors (Lipinski definition) is 4. The standard InChI is InChI=1S/Al.Cr.K.H4O4Si.H2O.4H/c;;;1-5(2,3)4;;;;;/h;;;1-4H;1H2;;;;. The number of hydrogen-bond acceptors (Lipinski definition) is 4. The third kappa shape index (κ3) is 110. The van der Waals surface area contributed by atoms with Gasteiger partial charge < -0.3 is 24.7 Å². The first-order valence-electron chi connectivity index (χ1n) is 0.894. The SMILES string of the molecule is O.O[Si](O)(O)O.[AlH3].[Cr].[KH]. The van der Waals surface area contributed by atoms with Crippen LogP contribution >= 0.6 is 0 Å². The van der Waals surface area contributed by atoms with Crippen molar-refractivity contribution < 1.29 is 42.0 Å². The Morgan fingerprint density at radius 3 is 0.889 bits per heavy atom. The van der Waals surface area contributed by atoms with E-state index in [2.05, 4.69) is 0 Å². The molecule has 0 rings (SSSR count). The molecule has 0 radical (unpaired) electrons. The maximum absolute atomic E-state index is 7.33. The van der Waals surface area contributed by atoms with Gasteiger partial charge in [0, 0.05) is 17.4 Å². The average Bonchev–Trinajstić information content (AvgIpc) is 0.722. The summed E-state index contributed by atoms with van der Waals surface area (Å²) in [7, 11) is -4.61. The van der Waals surface area contributed by atoms with Gasteiger partial charge in [-0.25, -0.2) is 0 Å². The van der Waals surface area contributed by atoms with E-state index in [-0.39, 0.29) is 91.6 Å². The first-order chi connectivity index (χ1) is 2.00. The third-order valence-electron chi connectivity index (χ3n) is 0. The molecular formula is H10AlCrKO5Si. The third-order valence-corrected chi connectivity index (χ3v) is 0. The van der Waals surface area contributed by atoms with Crippen molar-refractivity contribution in [3.63, 3.8) is 0 Å². The fourth-order valence-electron chi connectivity index (χ4n) is 0. The van der Waals surface area contributed by atoms with Crippen LogP contribution in [0.2, 0.25) is 0 Å². The van der Waals surface area contributed by atoms with Gasteiger partial charge >= 0.3 is 60.4 Å². The van der Waals surface area contributed by atoms with E-state index < -0.39 is 9.05 Å². The Morgan fingerprint density at radius 2 is 0.889 bits per heavy atom. The normalized spacial score (nSPS) is 6.67. The summed E-state index contributed by atoms with van der Waals surface area (Å²) in [6, 6.07) is 0. The Kier molecular flexibility index (Phi) is 44.1. The van der Waals surface area contributed by atoms with Crippen molar-refractivity contribution in [3.05, 3.63) is 0 Å². The molecule has 9 heavy (non-hydrogen) atoms. The fourth-order valence-corrected chi connectivity index (χ4v) is 0. The number of rotatable bonds is 0. The summed E-state index contributed by atoms with van der Waals surface area (Å²) in [6.45, 7) is 0. The topological polar surface area (TPSA) is 112 Å². The molecule has 9 heteroatoms. The van der Waals surface area contributed by atoms with Crippen LogP contribution < -0.4 is 0 Å². The molecule has 54 valence electrons. The maximum atomic E-state index is 7.33. The summed E-state index contributed by atoms with van der Waals surface area (Å²) < 4.78 is 0.